The van der Waals surface area contributed by atoms with Crippen LogP contribution in [0.5, 0.6) is 0 Å². The van der Waals surface area contributed by atoms with Crippen LogP contribution in [-0.4, -0.2) is 80.7 Å². The van der Waals surface area contributed by atoms with Crippen molar-refractivity contribution in [2.24, 2.45) is 0 Å². The van der Waals surface area contributed by atoms with Crippen molar-refractivity contribution in [2.45, 2.75) is 142 Å². The van der Waals surface area contributed by atoms with Gasteiger partial charge in [-0.3, -0.25) is 9.59 Å². The van der Waals surface area contributed by atoms with E-state index >= 15 is 0 Å². The van der Waals surface area contributed by atoms with E-state index in [0.717, 1.165) is 39.7 Å². The summed E-state index contributed by atoms with van der Waals surface area (Å²) in [5.74, 6) is 0.360. The van der Waals surface area contributed by atoms with Gasteiger partial charge in [-0.15, -0.1) is 0 Å². The van der Waals surface area contributed by atoms with Crippen LogP contribution in [0.25, 0.3) is 0 Å². The lowest BCUT2D eigenvalue weighted by molar-refractivity contribution is -0.119. The first kappa shape index (κ1) is 41.0. The zero-order valence-corrected chi connectivity index (χ0v) is 35.1. The standard InChI is InChI=1S/C16H22BNO3.C12H24B2O4.C10H10BrNO/c1-15(2)16(3,4)21-17(20-15)12-7-6-8-13-11(12)9-10-14(19)18(13)5;1-9(2)10(3,4)16-13(15-9)14-17-11(5,6)12(7,8)18-14;1-12-9-4-2-3-8(11)7(9)5-6-10(12)13/h6-8H,9-10H2,1-5H3;1-8H3;2-4H,5-6H2,1H3. The first-order valence-corrected chi connectivity index (χ1v) is 19.1. The maximum atomic E-state index is 11.9. The highest BCUT2D eigenvalue weighted by molar-refractivity contribution is 9.10. The highest BCUT2D eigenvalue weighted by Gasteiger charge is 2.63. The molecule has 2 aromatic carbocycles. The van der Waals surface area contributed by atoms with E-state index in [-0.39, 0.29) is 52.5 Å². The summed E-state index contributed by atoms with van der Waals surface area (Å²) in [5.41, 5.74) is 3.32. The zero-order chi connectivity index (χ0) is 38.8. The highest BCUT2D eigenvalue weighted by atomic mass is 79.9. The predicted octanol–water partition coefficient (Wildman–Crippen LogP) is 6.50. The third kappa shape index (κ3) is 7.68. The lowest BCUT2D eigenvalue weighted by Gasteiger charge is -2.32. The van der Waals surface area contributed by atoms with Crippen LogP contribution in [0, 0.1) is 0 Å². The molecular weight excluding hydrogens is 725 g/mol. The maximum absolute atomic E-state index is 11.9. The van der Waals surface area contributed by atoms with Crippen molar-refractivity contribution in [3.8, 4) is 0 Å². The van der Waals surface area contributed by atoms with Crippen molar-refractivity contribution in [1.82, 2.24) is 0 Å². The Hall–Kier alpha value is -2.19. The van der Waals surface area contributed by atoms with Crippen LogP contribution in [0.4, 0.5) is 11.4 Å². The van der Waals surface area contributed by atoms with Gasteiger partial charge in [0.15, 0.2) is 0 Å². The second-order valence-electron chi connectivity index (χ2n) is 17.3. The van der Waals surface area contributed by atoms with E-state index in [1.807, 2.05) is 106 Å². The summed E-state index contributed by atoms with van der Waals surface area (Å²) >= 11 is 3.49. The van der Waals surface area contributed by atoms with Crippen molar-refractivity contribution < 1.29 is 37.5 Å². The fourth-order valence-electron chi connectivity index (χ4n) is 6.55. The van der Waals surface area contributed by atoms with Gasteiger partial charge >= 0.3 is 21.1 Å². The molecule has 0 bridgehead atoms. The first-order chi connectivity index (χ1) is 23.8. The molecule has 3 saturated heterocycles. The molecule has 0 spiro atoms. The van der Waals surface area contributed by atoms with Crippen molar-refractivity contribution in [2.75, 3.05) is 23.9 Å². The van der Waals surface area contributed by atoms with Crippen molar-refractivity contribution >= 4 is 65.7 Å². The monoisotopic (exact) mass is 780 g/mol. The molecular formula is C38H56B3BrN2O8. The largest absolute Gasteiger partial charge is 0.495 e. The molecule has 0 N–H and O–H groups in total. The van der Waals surface area contributed by atoms with Gasteiger partial charge in [0, 0.05) is 42.8 Å². The molecule has 7 rings (SSSR count). The van der Waals surface area contributed by atoms with Crippen molar-refractivity contribution in [3.63, 3.8) is 0 Å². The minimum Gasteiger partial charge on any atom is -0.405 e. The second kappa shape index (κ2) is 14.1. The van der Waals surface area contributed by atoms with Gasteiger partial charge < -0.3 is 37.7 Å². The molecule has 5 aliphatic heterocycles. The highest BCUT2D eigenvalue weighted by Crippen LogP contribution is 2.43. The Labute approximate surface area is 320 Å². The molecule has 14 heteroatoms. The summed E-state index contributed by atoms with van der Waals surface area (Å²) in [4.78, 5) is 26.7. The molecule has 0 aromatic heterocycles. The number of halogens is 1. The molecule has 2 aromatic rings. The lowest BCUT2D eigenvalue weighted by Crippen LogP contribution is -2.41. The van der Waals surface area contributed by atoms with Gasteiger partial charge in [-0.25, -0.2) is 0 Å². The second-order valence-corrected chi connectivity index (χ2v) is 18.2. The molecule has 5 heterocycles. The molecule has 0 aliphatic carbocycles. The Morgan fingerprint density at radius 3 is 1.29 bits per heavy atom. The topological polar surface area (TPSA) is 96.0 Å². The molecule has 0 atom stereocenters. The molecule has 52 heavy (non-hydrogen) atoms. The minimum absolute atomic E-state index is 0.161. The third-order valence-electron chi connectivity index (χ3n) is 12.2. The molecule has 0 unspecified atom stereocenters. The predicted molar refractivity (Wildman–Crippen MR) is 212 cm³/mol. The van der Waals surface area contributed by atoms with Crippen LogP contribution >= 0.6 is 15.9 Å². The smallest absolute Gasteiger partial charge is 0.405 e. The van der Waals surface area contributed by atoms with Crippen LogP contribution in [0.3, 0.4) is 0 Å². The summed E-state index contributed by atoms with van der Waals surface area (Å²) < 4.78 is 37.3. The Kier molecular flexibility index (Phi) is 11.2. The normalized spacial score (nSPS) is 24.5. The molecule has 3 fully saturated rings. The average Bonchev–Trinajstić information content (AvgIpc) is 3.50. The van der Waals surface area contributed by atoms with E-state index in [1.54, 1.807) is 9.80 Å². The molecule has 282 valence electrons. The summed E-state index contributed by atoms with van der Waals surface area (Å²) in [7, 11) is 2.33. The van der Waals surface area contributed by atoms with Gasteiger partial charge in [-0.1, -0.05) is 34.1 Å². The van der Waals surface area contributed by atoms with Gasteiger partial charge in [0.1, 0.15) is 0 Å². The van der Waals surface area contributed by atoms with E-state index in [0.29, 0.717) is 12.8 Å². The molecule has 2 amide bonds. The Morgan fingerprint density at radius 2 is 0.865 bits per heavy atom. The van der Waals surface area contributed by atoms with E-state index in [2.05, 4.69) is 43.6 Å². The third-order valence-corrected chi connectivity index (χ3v) is 12.9. The van der Waals surface area contributed by atoms with Crippen LogP contribution in [-0.2, 0) is 50.4 Å². The molecule has 0 saturated carbocycles. The van der Waals surface area contributed by atoms with Crippen LogP contribution < -0.4 is 15.3 Å². The van der Waals surface area contributed by atoms with Gasteiger partial charge in [0.2, 0.25) is 11.8 Å². The number of amides is 2. The van der Waals surface area contributed by atoms with Gasteiger partial charge in [0.25, 0.3) is 0 Å². The SMILES string of the molecule is CC1(C)OB(B2OC(C)(C)C(C)(C)O2)OC1(C)C.CN1C(=O)CCc2c(B3OC(C)(C)C(C)(C)O3)cccc21.CN1C(=O)CCc2c(Br)cccc21. The van der Waals surface area contributed by atoms with Crippen molar-refractivity contribution in [3.05, 3.63) is 52.0 Å². The number of fused-ring (bicyclic) bond motifs is 2. The minimum atomic E-state index is -0.476. The van der Waals surface area contributed by atoms with Gasteiger partial charge in [-0.05, 0) is 131 Å². The number of anilines is 2. The first-order valence-electron chi connectivity index (χ1n) is 18.3. The van der Waals surface area contributed by atoms with E-state index in [4.69, 9.17) is 27.9 Å². The number of carbonyl (C=O) groups is 2. The number of rotatable bonds is 2. The Balaban J connectivity index is 0.000000155. The van der Waals surface area contributed by atoms with Gasteiger partial charge in [-0.2, -0.15) is 0 Å². The Morgan fingerprint density at radius 1 is 0.519 bits per heavy atom. The number of hydrogen-bond acceptors (Lipinski definition) is 8. The molecule has 10 nitrogen and oxygen atoms in total. The number of nitrogens with zero attached hydrogens (tertiary/aromatic N) is 2. The summed E-state index contributed by atoms with van der Waals surface area (Å²) in [6.45, 7) is 24.4. The fourth-order valence-corrected chi connectivity index (χ4v) is 7.10. The van der Waals surface area contributed by atoms with Gasteiger partial charge in [0.05, 0.1) is 33.6 Å². The zero-order valence-electron chi connectivity index (χ0n) is 33.6. The average molecular weight is 781 g/mol. The molecule has 0 radical (unpaired) electrons. The number of hydrogen-bond donors (Lipinski definition) is 0. The fraction of sp³-hybridized carbons (Fsp3) is 0.632. The number of benzene rings is 2. The summed E-state index contributed by atoms with van der Waals surface area (Å²) in [5, 5.41) is 0. The van der Waals surface area contributed by atoms with Crippen molar-refractivity contribution in [1.29, 1.82) is 0 Å². The Bertz CT molecular complexity index is 1620. The van der Waals surface area contributed by atoms with Crippen LogP contribution in [0.15, 0.2) is 40.9 Å². The summed E-state index contributed by atoms with van der Waals surface area (Å²) in [6, 6.07) is 12.0. The lowest BCUT2D eigenvalue weighted by atomic mass is 9.49. The summed E-state index contributed by atoms with van der Waals surface area (Å²) in [6.07, 6.45) is 2.75. The van der Waals surface area contributed by atoms with Crippen LogP contribution in [0.2, 0.25) is 0 Å². The molecule has 5 aliphatic rings. The van der Waals surface area contributed by atoms with E-state index in [9.17, 15) is 9.59 Å². The maximum Gasteiger partial charge on any atom is 0.495 e. The van der Waals surface area contributed by atoms with E-state index < -0.39 is 14.0 Å². The van der Waals surface area contributed by atoms with E-state index in [1.165, 1.54) is 5.56 Å². The van der Waals surface area contributed by atoms with Crippen LogP contribution in [0.1, 0.15) is 107 Å². The number of carbonyl (C=O) groups excluding carboxylic acids is 2. The quantitative estimate of drug-likeness (QED) is 0.319.